The first-order valence-corrected chi connectivity index (χ1v) is 7.28. The van der Waals surface area contributed by atoms with Gasteiger partial charge in [-0.1, -0.05) is 13.8 Å². The summed E-state index contributed by atoms with van der Waals surface area (Å²) < 4.78 is 1.91. The molecule has 20 heavy (non-hydrogen) atoms. The van der Waals surface area contributed by atoms with Gasteiger partial charge in [-0.25, -0.2) is 14.5 Å². The average Bonchev–Trinajstić information content (AvgIpc) is 2.96. The van der Waals surface area contributed by atoms with Gasteiger partial charge in [0.25, 0.3) is 0 Å². The van der Waals surface area contributed by atoms with Crippen molar-refractivity contribution in [1.29, 1.82) is 0 Å². The number of rotatable bonds is 4. The fourth-order valence-electron chi connectivity index (χ4n) is 2.90. The summed E-state index contributed by atoms with van der Waals surface area (Å²) in [6.07, 6.45) is 1.58. The molecule has 2 amide bonds. The zero-order chi connectivity index (χ0) is 14.1. The van der Waals surface area contributed by atoms with E-state index in [9.17, 15) is 4.79 Å². The molecule has 1 unspecified atom stereocenters. The average molecular weight is 278 g/mol. The zero-order valence-electron chi connectivity index (χ0n) is 12.1. The molecule has 3 rings (SSSR count). The van der Waals surface area contributed by atoms with Gasteiger partial charge in [-0.2, -0.15) is 5.10 Å². The summed E-state index contributed by atoms with van der Waals surface area (Å²) >= 11 is 0. The van der Waals surface area contributed by atoms with Crippen LogP contribution in [0.3, 0.4) is 0 Å². The highest BCUT2D eigenvalue weighted by atomic mass is 16.2. The lowest BCUT2D eigenvalue weighted by Gasteiger charge is -2.28. The molecule has 0 bridgehead atoms. The van der Waals surface area contributed by atoms with Crippen LogP contribution in [0.2, 0.25) is 0 Å². The van der Waals surface area contributed by atoms with E-state index in [0.717, 1.165) is 38.5 Å². The highest BCUT2D eigenvalue weighted by Crippen LogP contribution is 2.19. The molecule has 3 heterocycles. The topological polar surface area (TPSA) is 66.3 Å². The largest absolute Gasteiger partial charge is 0.320 e. The molecule has 7 nitrogen and oxygen atoms in total. The number of nitrogens with one attached hydrogen (secondary N) is 1. The van der Waals surface area contributed by atoms with E-state index in [0.29, 0.717) is 18.5 Å². The number of hydrogen-bond donors (Lipinski definition) is 1. The molecule has 0 saturated carbocycles. The normalized spacial score (nSPS) is 22.8. The quantitative estimate of drug-likeness (QED) is 0.851. The minimum absolute atomic E-state index is 0.135. The summed E-state index contributed by atoms with van der Waals surface area (Å²) in [5.41, 5.74) is 0. The first-order valence-electron chi connectivity index (χ1n) is 7.28. The van der Waals surface area contributed by atoms with E-state index in [1.54, 1.807) is 6.33 Å². The second-order valence-corrected chi connectivity index (χ2v) is 5.97. The Labute approximate surface area is 118 Å². The molecule has 0 aliphatic carbocycles. The molecule has 1 N–H and O–H groups in total. The van der Waals surface area contributed by atoms with Crippen LogP contribution < -0.4 is 5.32 Å². The van der Waals surface area contributed by atoms with Gasteiger partial charge in [0.15, 0.2) is 0 Å². The van der Waals surface area contributed by atoms with E-state index < -0.39 is 0 Å². The Hall–Kier alpha value is -1.63. The Morgan fingerprint density at radius 1 is 1.50 bits per heavy atom. The molecule has 110 valence electrons. The highest BCUT2D eigenvalue weighted by molar-refractivity contribution is 5.77. The summed E-state index contributed by atoms with van der Waals surface area (Å²) in [4.78, 5) is 20.5. The fourth-order valence-corrected chi connectivity index (χ4v) is 2.90. The number of aromatic nitrogens is 3. The molecule has 1 aromatic rings. The summed E-state index contributed by atoms with van der Waals surface area (Å²) in [6, 6.07) is 0.438. The van der Waals surface area contributed by atoms with Crippen molar-refractivity contribution in [3.8, 4) is 0 Å². The molecule has 0 radical (unpaired) electrons. The first kappa shape index (κ1) is 13.4. The zero-order valence-corrected chi connectivity index (χ0v) is 12.1. The number of piperazine rings is 1. The molecular formula is C13H22N6O. The van der Waals surface area contributed by atoms with Crippen LogP contribution in [0.25, 0.3) is 0 Å². The van der Waals surface area contributed by atoms with Gasteiger partial charge in [-0.05, 0) is 5.92 Å². The lowest BCUT2D eigenvalue weighted by Crippen LogP contribution is -2.49. The molecular weight excluding hydrogens is 256 g/mol. The van der Waals surface area contributed by atoms with Crippen molar-refractivity contribution in [3.05, 3.63) is 12.2 Å². The van der Waals surface area contributed by atoms with Gasteiger partial charge in [0.05, 0.1) is 12.6 Å². The van der Waals surface area contributed by atoms with E-state index in [-0.39, 0.29) is 6.03 Å². The van der Waals surface area contributed by atoms with Crippen LogP contribution in [-0.4, -0.2) is 62.8 Å². The van der Waals surface area contributed by atoms with Crippen molar-refractivity contribution < 1.29 is 4.79 Å². The van der Waals surface area contributed by atoms with Gasteiger partial charge in [-0.15, -0.1) is 0 Å². The Morgan fingerprint density at radius 3 is 3.10 bits per heavy atom. The van der Waals surface area contributed by atoms with Crippen LogP contribution in [0.15, 0.2) is 6.33 Å². The molecule has 2 fully saturated rings. The highest BCUT2D eigenvalue weighted by Gasteiger charge is 2.38. The van der Waals surface area contributed by atoms with E-state index in [1.807, 2.05) is 14.5 Å². The number of amides is 2. The predicted molar refractivity (Wildman–Crippen MR) is 74.0 cm³/mol. The van der Waals surface area contributed by atoms with Crippen molar-refractivity contribution in [3.63, 3.8) is 0 Å². The molecule has 0 aromatic carbocycles. The Balaban J connectivity index is 1.69. The van der Waals surface area contributed by atoms with Crippen LogP contribution in [0, 0.1) is 5.92 Å². The molecule has 2 aliphatic heterocycles. The SMILES string of the molecule is CC(C)Cn1ncnc1CN1CC2CNCCN2C1=O. The van der Waals surface area contributed by atoms with E-state index in [1.165, 1.54) is 0 Å². The minimum Gasteiger partial charge on any atom is -0.317 e. The minimum atomic E-state index is 0.135. The number of fused-ring (bicyclic) bond motifs is 1. The van der Waals surface area contributed by atoms with Crippen LogP contribution >= 0.6 is 0 Å². The third-order valence-electron chi connectivity index (χ3n) is 3.86. The number of carbonyl (C=O) groups excluding carboxylic acids is 1. The summed E-state index contributed by atoms with van der Waals surface area (Å²) in [5, 5.41) is 7.60. The van der Waals surface area contributed by atoms with Gasteiger partial charge in [0, 0.05) is 32.7 Å². The van der Waals surface area contributed by atoms with E-state index >= 15 is 0 Å². The van der Waals surface area contributed by atoms with Crippen LogP contribution in [0.5, 0.6) is 0 Å². The van der Waals surface area contributed by atoms with Crippen molar-refractivity contribution in [1.82, 2.24) is 29.9 Å². The third kappa shape index (κ3) is 2.49. The van der Waals surface area contributed by atoms with Gasteiger partial charge in [0.2, 0.25) is 0 Å². The van der Waals surface area contributed by atoms with E-state index in [2.05, 4.69) is 29.2 Å². The summed E-state index contributed by atoms with van der Waals surface area (Å²) in [5.74, 6) is 1.39. The number of nitrogens with zero attached hydrogens (tertiary/aromatic N) is 5. The monoisotopic (exact) mass is 278 g/mol. The van der Waals surface area contributed by atoms with Gasteiger partial charge >= 0.3 is 6.03 Å². The number of urea groups is 1. The first-order chi connectivity index (χ1) is 9.65. The molecule has 2 aliphatic rings. The fraction of sp³-hybridized carbons (Fsp3) is 0.769. The summed E-state index contributed by atoms with van der Waals surface area (Å²) in [6.45, 7) is 9.06. The standard InChI is InChI=1S/C13H22N6O/c1-10(2)6-19-12(15-9-16-19)8-17-7-11-5-14-3-4-18(11)13(17)20/h9-11,14H,3-8H2,1-2H3. The van der Waals surface area contributed by atoms with Crippen molar-refractivity contribution in [2.45, 2.75) is 33.0 Å². The van der Waals surface area contributed by atoms with Crippen molar-refractivity contribution in [2.75, 3.05) is 26.2 Å². The second kappa shape index (κ2) is 5.40. The lowest BCUT2D eigenvalue weighted by molar-refractivity contribution is 0.177. The molecule has 2 saturated heterocycles. The van der Waals surface area contributed by atoms with Gasteiger partial charge in [-0.3, -0.25) is 0 Å². The second-order valence-electron chi connectivity index (χ2n) is 5.97. The third-order valence-corrected chi connectivity index (χ3v) is 3.86. The summed E-state index contributed by atoms with van der Waals surface area (Å²) in [7, 11) is 0. The molecule has 0 spiro atoms. The van der Waals surface area contributed by atoms with Crippen molar-refractivity contribution >= 4 is 6.03 Å². The Bertz CT molecular complexity index is 485. The van der Waals surface area contributed by atoms with Crippen LogP contribution in [-0.2, 0) is 13.1 Å². The lowest BCUT2D eigenvalue weighted by atomic mass is 10.2. The molecule has 1 atom stereocenters. The Morgan fingerprint density at radius 2 is 2.35 bits per heavy atom. The Kier molecular flexibility index (Phi) is 3.60. The number of hydrogen-bond acceptors (Lipinski definition) is 4. The smallest absolute Gasteiger partial charge is 0.317 e. The molecule has 1 aromatic heterocycles. The number of carbonyl (C=O) groups is 1. The molecule has 7 heteroatoms. The predicted octanol–water partition coefficient (Wildman–Crippen LogP) is 0.144. The maximum atomic E-state index is 12.4. The van der Waals surface area contributed by atoms with Crippen LogP contribution in [0.4, 0.5) is 4.79 Å². The van der Waals surface area contributed by atoms with Gasteiger partial charge in [0.1, 0.15) is 12.2 Å². The van der Waals surface area contributed by atoms with Crippen LogP contribution in [0.1, 0.15) is 19.7 Å². The van der Waals surface area contributed by atoms with E-state index in [4.69, 9.17) is 0 Å². The van der Waals surface area contributed by atoms with Gasteiger partial charge < -0.3 is 15.1 Å². The maximum absolute atomic E-state index is 12.4. The van der Waals surface area contributed by atoms with Crippen molar-refractivity contribution in [2.24, 2.45) is 5.92 Å². The maximum Gasteiger partial charge on any atom is 0.320 e.